The lowest BCUT2D eigenvalue weighted by Crippen LogP contribution is -2.16. The lowest BCUT2D eigenvalue weighted by atomic mass is 10.0. The molecule has 0 atom stereocenters. The molecule has 5 nitrogen and oxygen atoms in total. The normalized spacial score (nSPS) is 10.5. The molecule has 3 aromatic rings. The third-order valence-electron chi connectivity index (χ3n) is 4.52. The van der Waals surface area contributed by atoms with Gasteiger partial charge in [0.1, 0.15) is 10.6 Å². The molecule has 0 saturated carbocycles. The van der Waals surface area contributed by atoms with Gasteiger partial charge in [-0.1, -0.05) is 29.8 Å². The van der Waals surface area contributed by atoms with Crippen molar-refractivity contribution in [1.29, 1.82) is 0 Å². The highest BCUT2D eigenvalue weighted by atomic mass is 32.1. The Labute approximate surface area is 178 Å². The Bertz CT molecular complexity index is 1060. The Morgan fingerprint density at radius 1 is 1.13 bits per heavy atom. The lowest BCUT2D eigenvalue weighted by Gasteiger charge is -2.10. The van der Waals surface area contributed by atoms with E-state index in [0.717, 1.165) is 22.8 Å². The zero-order chi connectivity index (χ0) is 21.7. The number of hydrogen-bond acceptors (Lipinski definition) is 6. The molecular formula is C23H22FNO4S. The quantitative estimate of drug-likeness (QED) is 0.388. The molecule has 0 amide bonds. The molecule has 0 aliphatic heterocycles. The number of Topliss-reactive ketones (excluding diaryl/α,β-unsaturated/α-hetero) is 1. The molecule has 30 heavy (non-hydrogen) atoms. The van der Waals surface area contributed by atoms with Crippen LogP contribution in [0, 0.1) is 12.7 Å². The molecule has 0 spiro atoms. The zero-order valence-corrected chi connectivity index (χ0v) is 17.8. The fraction of sp³-hybridized carbons (Fsp3) is 0.217. The summed E-state index contributed by atoms with van der Waals surface area (Å²) in [6.45, 7) is 3.88. The Balaban J connectivity index is 1.84. The van der Waals surface area contributed by atoms with Crippen LogP contribution in [0.15, 0.2) is 47.8 Å². The van der Waals surface area contributed by atoms with E-state index in [4.69, 9.17) is 9.47 Å². The standard InChI is InChI=1S/C23H22FNO4S/c1-4-29-23(27)21-17(15-7-5-14(2)6-8-15)13-30-22(21)25-12-19(26)16-9-10-20(28-3)18(24)11-16/h5-11,13,25H,4,12H2,1-3H3. The van der Waals surface area contributed by atoms with Gasteiger partial charge in [-0.2, -0.15) is 0 Å². The second kappa shape index (κ2) is 9.54. The fourth-order valence-corrected chi connectivity index (χ4v) is 3.90. The molecule has 1 aromatic heterocycles. The van der Waals surface area contributed by atoms with E-state index in [-0.39, 0.29) is 30.2 Å². The molecule has 7 heteroatoms. The summed E-state index contributed by atoms with van der Waals surface area (Å²) in [6, 6.07) is 11.9. The maximum absolute atomic E-state index is 13.9. The third-order valence-corrected chi connectivity index (χ3v) is 5.45. The zero-order valence-electron chi connectivity index (χ0n) is 17.0. The Hall–Kier alpha value is -3.19. The first-order valence-corrected chi connectivity index (χ1v) is 10.3. The van der Waals surface area contributed by atoms with E-state index in [1.807, 2.05) is 36.6 Å². The van der Waals surface area contributed by atoms with Gasteiger partial charge in [0, 0.05) is 16.5 Å². The van der Waals surface area contributed by atoms with E-state index in [9.17, 15) is 14.0 Å². The summed E-state index contributed by atoms with van der Waals surface area (Å²) in [5, 5.41) is 5.41. The summed E-state index contributed by atoms with van der Waals surface area (Å²) in [6.07, 6.45) is 0. The summed E-state index contributed by atoms with van der Waals surface area (Å²) >= 11 is 1.32. The van der Waals surface area contributed by atoms with Crippen LogP contribution < -0.4 is 10.1 Å². The number of esters is 1. The predicted molar refractivity (Wildman–Crippen MR) is 116 cm³/mol. The van der Waals surface area contributed by atoms with Crippen molar-refractivity contribution in [2.24, 2.45) is 0 Å². The van der Waals surface area contributed by atoms with Crippen molar-refractivity contribution in [3.8, 4) is 16.9 Å². The van der Waals surface area contributed by atoms with Gasteiger partial charge in [0.05, 0.1) is 20.3 Å². The number of ether oxygens (including phenoxy) is 2. The average Bonchev–Trinajstić information content (AvgIpc) is 3.16. The minimum absolute atomic E-state index is 0.0742. The van der Waals surface area contributed by atoms with E-state index in [1.165, 1.54) is 30.6 Å². The number of aryl methyl sites for hydroxylation is 1. The fourth-order valence-electron chi connectivity index (χ4n) is 2.94. The van der Waals surface area contributed by atoms with E-state index in [0.29, 0.717) is 10.6 Å². The molecule has 0 aliphatic carbocycles. The molecule has 0 saturated heterocycles. The summed E-state index contributed by atoms with van der Waals surface area (Å²) in [7, 11) is 1.36. The number of anilines is 1. The minimum atomic E-state index is -0.603. The van der Waals surface area contributed by atoms with Crippen molar-refractivity contribution < 1.29 is 23.5 Å². The van der Waals surface area contributed by atoms with Crippen LogP contribution in [-0.2, 0) is 4.74 Å². The van der Waals surface area contributed by atoms with E-state index in [1.54, 1.807) is 6.92 Å². The van der Waals surface area contributed by atoms with E-state index >= 15 is 0 Å². The number of hydrogen-bond donors (Lipinski definition) is 1. The first-order chi connectivity index (χ1) is 14.4. The van der Waals surface area contributed by atoms with Crippen LogP contribution in [0.25, 0.3) is 11.1 Å². The van der Waals surface area contributed by atoms with Gasteiger partial charge in [-0.25, -0.2) is 9.18 Å². The van der Waals surface area contributed by atoms with Gasteiger partial charge in [0.25, 0.3) is 0 Å². The van der Waals surface area contributed by atoms with Gasteiger partial charge >= 0.3 is 5.97 Å². The third kappa shape index (κ3) is 4.68. The summed E-state index contributed by atoms with van der Waals surface area (Å²) in [5.74, 6) is -1.30. The molecule has 0 aliphatic rings. The number of benzene rings is 2. The highest BCUT2D eigenvalue weighted by Gasteiger charge is 2.22. The second-order valence-corrected chi connectivity index (χ2v) is 7.45. The van der Waals surface area contributed by atoms with Crippen molar-refractivity contribution >= 4 is 28.1 Å². The number of ketones is 1. The number of rotatable bonds is 8. The maximum atomic E-state index is 13.9. The van der Waals surface area contributed by atoms with E-state index in [2.05, 4.69) is 5.32 Å². The van der Waals surface area contributed by atoms with Crippen LogP contribution in [0.3, 0.4) is 0 Å². The van der Waals surface area contributed by atoms with Crippen molar-refractivity contribution in [3.63, 3.8) is 0 Å². The minimum Gasteiger partial charge on any atom is -0.494 e. The number of methoxy groups -OCH3 is 1. The van der Waals surface area contributed by atoms with Crippen molar-refractivity contribution in [3.05, 3.63) is 70.4 Å². The van der Waals surface area contributed by atoms with Gasteiger partial charge in [-0.15, -0.1) is 11.3 Å². The molecule has 156 valence electrons. The Morgan fingerprint density at radius 3 is 2.50 bits per heavy atom. The molecule has 1 heterocycles. The van der Waals surface area contributed by atoms with Crippen LogP contribution in [-0.4, -0.2) is 32.0 Å². The first-order valence-electron chi connectivity index (χ1n) is 9.40. The van der Waals surface area contributed by atoms with Gasteiger partial charge in [-0.3, -0.25) is 4.79 Å². The summed E-state index contributed by atoms with van der Waals surface area (Å²) in [5.41, 5.74) is 3.34. The van der Waals surface area contributed by atoms with Crippen LogP contribution in [0.4, 0.5) is 9.39 Å². The largest absolute Gasteiger partial charge is 0.494 e. The number of carbonyl (C=O) groups is 2. The van der Waals surface area contributed by atoms with Crippen LogP contribution in [0.5, 0.6) is 5.75 Å². The second-order valence-electron chi connectivity index (χ2n) is 6.57. The molecular weight excluding hydrogens is 405 g/mol. The topological polar surface area (TPSA) is 64.6 Å². The molecule has 3 rings (SSSR count). The van der Waals surface area contributed by atoms with Crippen LogP contribution in [0.1, 0.15) is 33.2 Å². The number of halogens is 1. The lowest BCUT2D eigenvalue weighted by molar-refractivity contribution is 0.0528. The maximum Gasteiger partial charge on any atom is 0.341 e. The monoisotopic (exact) mass is 427 g/mol. The van der Waals surface area contributed by atoms with Crippen molar-refractivity contribution in [1.82, 2.24) is 0 Å². The summed E-state index contributed by atoms with van der Waals surface area (Å²) in [4.78, 5) is 25.1. The van der Waals surface area contributed by atoms with Gasteiger partial charge in [0.15, 0.2) is 17.3 Å². The Kier molecular flexibility index (Phi) is 6.84. The van der Waals surface area contributed by atoms with Crippen molar-refractivity contribution in [2.45, 2.75) is 13.8 Å². The number of thiophene rings is 1. The van der Waals surface area contributed by atoms with Gasteiger partial charge < -0.3 is 14.8 Å². The molecule has 0 radical (unpaired) electrons. The predicted octanol–water partition coefficient (Wildman–Crippen LogP) is 5.34. The smallest absolute Gasteiger partial charge is 0.341 e. The Morgan fingerprint density at radius 2 is 1.87 bits per heavy atom. The van der Waals surface area contributed by atoms with Crippen molar-refractivity contribution in [2.75, 3.05) is 25.6 Å². The van der Waals surface area contributed by atoms with Crippen LogP contribution in [0.2, 0.25) is 0 Å². The molecule has 0 fully saturated rings. The molecule has 0 unspecified atom stereocenters. The highest BCUT2D eigenvalue weighted by molar-refractivity contribution is 7.15. The van der Waals surface area contributed by atoms with Crippen LogP contribution >= 0.6 is 11.3 Å². The highest BCUT2D eigenvalue weighted by Crippen LogP contribution is 2.36. The number of carbonyl (C=O) groups excluding carboxylic acids is 2. The first kappa shape index (κ1) is 21.5. The van der Waals surface area contributed by atoms with E-state index < -0.39 is 11.8 Å². The van der Waals surface area contributed by atoms with Gasteiger partial charge in [-0.05, 0) is 37.6 Å². The molecule has 1 N–H and O–H groups in total. The van der Waals surface area contributed by atoms with Gasteiger partial charge in [0.2, 0.25) is 0 Å². The molecule has 2 aromatic carbocycles. The summed E-state index contributed by atoms with van der Waals surface area (Å²) < 4.78 is 24.0. The average molecular weight is 427 g/mol. The number of nitrogens with one attached hydrogen (secondary N) is 1. The molecule has 0 bridgehead atoms. The SMILES string of the molecule is CCOC(=O)c1c(-c2ccc(C)cc2)csc1NCC(=O)c1ccc(OC)c(F)c1.